The number of aryl methyl sites for hydroxylation is 1. The number of fused-ring (bicyclic) bond motifs is 2. The first kappa shape index (κ1) is 23.4. The van der Waals surface area contributed by atoms with Crippen LogP contribution in [0.5, 0.6) is 0 Å². The molecule has 1 aliphatic heterocycles. The molecule has 3 N–H and O–H groups in total. The number of aromatic amines is 1. The van der Waals surface area contributed by atoms with Crippen LogP contribution in [-0.4, -0.2) is 58.5 Å². The van der Waals surface area contributed by atoms with Crippen LogP contribution in [-0.2, 0) is 6.54 Å². The lowest BCUT2D eigenvalue weighted by atomic mass is 10.0. The Bertz CT molecular complexity index is 1640. The molecule has 0 bridgehead atoms. The van der Waals surface area contributed by atoms with Crippen molar-refractivity contribution in [3.8, 4) is 11.3 Å². The predicted molar refractivity (Wildman–Crippen MR) is 144 cm³/mol. The lowest BCUT2D eigenvalue weighted by Gasteiger charge is -2.36. The van der Waals surface area contributed by atoms with Gasteiger partial charge in [-0.05, 0) is 50.6 Å². The number of H-pyrrole nitrogens is 1. The fourth-order valence-corrected chi connectivity index (χ4v) is 5.66. The molecule has 0 amide bonds. The molecule has 1 aromatic carbocycles. The van der Waals surface area contributed by atoms with E-state index in [2.05, 4.69) is 45.0 Å². The van der Waals surface area contributed by atoms with Crippen molar-refractivity contribution >= 4 is 27.6 Å². The Hall–Kier alpha value is -4.05. The van der Waals surface area contributed by atoms with Crippen LogP contribution in [0.15, 0.2) is 47.8 Å². The number of piperidine rings is 1. The number of hydrogen-bond donors (Lipinski definition) is 2. The third-order valence-corrected chi connectivity index (χ3v) is 7.61. The third kappa shape index (κ3) is 3.97. The molecular weight excluding hydrogens is 466 g/mol. The van der Waals surface area contributed by atoms with Gasteiger partial charge in [-0.1, -0.05) is 18.2 Å². The molecule has 37 heavy (non-hydrogen) atoms. The number of anilines is 1. The first-order valence-electron chi connectivity index (χ1n) is 12.8. The van der Waals surface area contributed by atoms with Crippen LogP contribution in [0.2, 0.25) is 0 Å². The van der Waals surface area contributed by atoms with Gasteiger partial charge in [0.15, 0.2) is 5.65 Å². The maximum absolute atomic E-state index is 14.0. The molecule has 10 nitrogen and oxygen atoms in total. The number of nitrogens with zero attached hydrogens (tertiary/aromatic N) is 7. The van der Waals surface area contributed by atoms with E-state index >= 15 is 0 Å². The van der Waals surface area contributed by atoms with Gasteiger partial charge >= 0.3 is 0 Å². The molecule has 10 heteroatoms. The minimum absolute atomic E-state index is 0.0641. The van der Waals surface area contributed by atoms with Gasteiger partial charge in [0.1, 0.15) is 17.8 Å². The summed E-state index contributed by atoms with van der Waals surface area (Å²) >= 11 is 0. The number of hydrogen-bond acceptors (Lipinski definition) is 7. The highest BCUT2D eigenvalue weighted by atomic mass is 16.1. The minimum atomic E-state index is 0.0641. The lowest BCUT2D eigenvalue weighted by Crippen LogP contribution is -2.41. The second-order valence-electron chi connectivity index (χ2n) is 10.2. The van der Waals surface area contributed by atoms with Gasteiger partial charge in [0, 0.05) is 42.6 Å². The molecule has 1 aliphatic rings. The summed E-state index contributed by atoms with van der Waals surface area (Å²) in [5.74, 6) is 0.361. The maximum atomic E-state index is 14.0. The van der Waals surface area contributed by atoms with Crippen molar-refractivity contribution in [2.75, 3.05) is 18.8 Å². The summed E-state index contributed by atoms with van der Waals surface area (Å²) in [6.45, 7) is 8.79. The highest BCUT2D eigenvalue weighted by molar-refractivity contribution is 5.98. The zero-order valence-electron chi connectivity index (χ0n) is 21.3. The number of rotatable bonds is 5. The smallest absolute Gasteiger partial charge is 0.259 e. The fraction of sp³-hybridized carbons (Fsp3) is 0.370. The number of nitrogen functional groups attached to an aromatic ring is 1. The van der Waals surface area contributed by atoms with E-state index in [4.69, 9.17) is 10.8 Å². The molecule has 1 saturated heterocycles. The summed E-state index contributed by atoms with van der Waals surface area (Å²) in [4.78, 5) is 25.2. The second kappa shape index (κ2) is 9.11. The monoisotopic (exact) mass is 497 g/mol. The van der Waals surface area contributed by atoms with E-state index in [0.29, 0.717) is 35.1 Å². The van der Waals surface area contributed by atoms with E-state index in [9.17, 15) is 4.79 Å². The molecule has 0 unspecified atom stereocenters. The van der Waals surface area contributed by atoms with Gasteiger partial charge in [-0.2, -0.15) is 10.2 Å². The highest BCUT2D eigenvalue weighted by Crippen LogP contribution is 2.31. The zero-order chi connectivity index (χ0) is 25.7. The molecule has 6 rings (SSSR count). The quantitative estimate of drug-likeness (QED) is 0.381. The maximum Gasteiger partial charge on any atom is 0.259 e. The van der Waals surface area contributed by atoms with Crippen molar-refractivity contribution < 1.29 is 0 Å². The average molecular weight is 498 g/mol. The molecule has 4 aromatic heterocycles. The Morgan fingerprint density at radius 2 is 1.97 bits per heavy atom. The van der Waals surface area contributed by atoms with Crippen LogP contribution in [0.25, 0.3) is 33.1 Å². The van der Waals surface area contributed by atoms with Crippen LogP contribution >= 0.6 is 0 Å². The normalized spacial score (nSPS) is 15.4. The Morgan fingerprint density at radius 1 is 1.16 bits per heavy atom. The number of aromatic nitrogens is 7. The highest BCUT2D eigenvalue weighted by Gasteiger charge is 2.26. The van der Waals surface area contributed by atoms with Gasteiger partial charge in [-0.25, -0.2) is 14.6 Å². The average Bonchev–Trinajstić information content (AvgIpc) is 3.53. The first-order valence-corrected chi connectivity index (χ1v) is 12.8. The van der Waals surface area contributed by atoms with Crippen LogP contribution in [0.3, 0.4) is 0 Å². The summed E-state index contributed by atoms with van der Waals surface area (Å²) in [7, 11) is 0. The van der Waals surface area contributed by atoms with Crippen LogP contribution in [0.1, 0.15) is 44.0 Å². The van der Waals surface area contributed by atoms with Crippen LogP contribution < -0.4 is 11.3 Å². The summed E-state index contributed by atoms with van der Waals surface area (Å²) in [6.07, 6.45) is 6.79. The predicted octanol–water partition coefficient (Wildman–Crippen LogP) is 3.52. The Morgan fingerprint density at radius 3 is 2.70 bits per heavy atom. The van der Waals surface area contributed by atoms with E-state index in [1.165, 1.54) is 6.33 Å². The molecule has 0 spiro atoms. The lowest BCUT2D eigenvalue weighted by molar-refractivity contribution is 0.149. The topological polar surface area (TPSA) is 124 Å². The van der Waals surface area contributed by atoms with Crippen LogP contribution in [0.4, 0.5) is 5.82 Å². The number of benzene rings is 1. The third-order valence-electron chi connectivity index (χ3n) is 7.61. The summed E-state index contributed by atoms with van der Waals surface area (Å²) in [5, 5.41) is 14.2. The molecule has 0 radical (unpaired) electrons. The van der Waals surface area contributed by atoms with Crippen molar-refractivity contribution in [2.24, 2.45) is 0 Å². The number of nitrogens with one attached hydrogen (secondary N) is 1. The summed E-state index contributed by atoms with van der Waals surface area (Å²) in [6, 6.07) is 8.77. The SMILES string of the molecule is Cc1cccc2cc(Cn3nc(-c4cn[nH]c4)c4c(N)ncnc43)n(C3CCN(C(C)C)CC3)c(=O)c12. The Kier molecular flexibility index (Phi) is 5.75. The Balaban J connectivity index is 1.51. The van der Waals surface area contributed by atoms with Crippen molar-refractivity contribution in [1.82, 2.24) is 39.4 Å². The van der Waals surface area contributed by atoms with Crippen molar-refractivity contribution in [1.29, 1.82) is 0 Å². The number of pyridine rings is 1. The summed E-state index contributed by atoms with van der Waals surface area (Å²) < 4.78 is 3.84. The molecule has 0 saturated carbocycles. The zero-order valence-corrected chi connectivity index (χ0v) is 21.3. The molecule has 0 aliphatic carbocycles. The van der Waals surface area contributed by atoms with E-state index in [1.54, 1.807) is 12.4 Å². The molecule has 5 heterocycles. The largest absolute Gasteiger partial charge is 0.383 e. The Labute approximate surface area is 214 Å². The van der Waals surface area contributed by atoms with Crippen molar-refractivity contribution in [2.45, 2.75) is 52.2 Å². The van der Waals surface area contributed by atoms with Gasteiger partial charge in [0.05, 0.1) is 23.5 Å². The van der Waals surface area contributed by atoms with Gasteiger partial charge < -0.3 is 15.2 Å². The second-order valence-corrected chi connectivity index (χ2v) is 10.2. The first-order chi connectivity index (χ1) is 17.9. The summed E-state index contributed by atoms with van der Waals surface area (Å²) in [5.41, 5.74) is 10.3. The van der Waals surface area contributed by atoms with Crippen molar-refractivity contribution in [3.63, 3.8) is 0 Å². The number of nitrogens with two attached hydrogens (primary N) is 1. The van der Waals surface area contributed by atoms with E-state index < -0.39 is 0 Å². The van der Waals surface area contributed by atoms with Gasteiger partial charge in [0.2, 0.25) is 0 Å². The molecule has 5 aromatic rings. The number of likely N-dealkylation sites (tertiary alicyclic amines) is 1. The molecule has 190 valence electrons. The molecular formula is C27H31N9O. The van der Waals surface area contributed by atoms with Gasteiger partial charge in [-0.3, -0.25) is 9.89 Å². The standard InChI is InChI=1S/C27H31N9O/c1-16(2)34-9-7-20(8-10-34)36-21(11-18-6-4-5-17(3)22(18)27(36)37)14-35-26-23(25(28)29-15-30-26)24(33-35)19-12-31-32-13-19/h4-6,11-13,15-16,20H,7-10,14H2,1-3H3,(H,31,32)(H2,28,29,30). The van der Waals surface area contributed by atoms with E-state index in [1.807, 2.05) is 34.4 Å². The van der Waals surface area contributed by atoms with Gasteiger partial charge in [0.25, 0.3) is 5.56 Å². The molecule has 0 atom stereocenters. The van der Waals surface area contributed by atoms with Gasteiger partial charge in [-0.15, -0.1) is 0 Å². The van der Waals surface area contributed by atoms with Crippen LogP contribution in [0, 0.1) is 6.92 Å². The van der Waals surface area contributed by atoms with E-state index in [0.717, 1.165) is 53.5 Å². The van der Waals surface area contributed by atoms with E-state index in [-0.39, 0.29) is 11.6 Å². The minimum Gasteiger partial charge on any atom is -0.383 e. The fourth-order valence-electron chi connectivity index (χ4n) is 5.66. The molecule has 1 fully saturated rings. The van der Waals surface area contributed by atoms with Crippen molar-refractivity contribution in [3.05, 3.63) is 64.6 Å².